The molecule has 1 aliphatic heterocycles. The van der Waals surface area contributed by atoms with Gasteiger partial charge in [0.25, 0.3) is 0 Å². The molecule has 0 aromatic rings. The summed E-state index contributed by atoms with van der Waals surface area (Å²) in [5, 5.41) is 1.95. The summed E-state index contributed by atoms with van der Waals surface area (Å²) in [4.78, 5) is 0. The first-order valence-corrected chi connectivity index (χ1v) is 4.45. The Hall–Kier alpha value is -0.160. The molecule has 0 aliphatic carbocycles. The molecular formula is C8H19N3O. The fraction of sp³-hybridized carbons (Fsp3) is 1.00. The lowest BCUT2D eigenvalue weighted by Gasteiger charge is -2.25. The Balaban J connectivity index is 2.32. The normalized spacial score (nSPS) is 26.5. The molecule has 4 heteroatoms. The minimum Gasteiger partial charge on any atom is -0.381 e. The Morgan fingerprint density at radius 2 is 2.42 bits per heavy atom. The predicted octanol–water partition coefficient (Wildman–Crippen LogP) is -0.584. The molecule has 12 heavy (non-hydrogen) atoms. The molecular weight excluding hydrogens is 154 g/mol. The van der Waals surface area contributed by atoms with Gasteiger partial charge in [-0.05, 0) is 6.42 Å². The maximum atomic E-state index is 5.66. The molecule has 4 nitrogen and oxygen atoms in total. The zero-order valence-corrected chi connectivity index (χ0v) is 7.92. The van der Waals surface area contributed by atoms with Gasteiger partial charge >= 0.3 is 0 Å². The summed E-state index contributed by atoms with van der Waals surface area (Å²) in [6.45, 7) is 2.41. The van der Waals surface area contributed by atoms with Crippen LogP contribution < -0.4 is 11.2 Å². The van der Waals surface area contributed by atoms with E-state index in [-0.39, 0.29) is 0 Å². The zero-order chi connectivity index (χ0) is 8.97. The Kier molecular flexibility index (Phi) is 3.94. The van der Waals surface area contributed by atoms with Crippen molar-refractivity contribution in [3.63, 3.8) is 0 Å². The van der Waals surface area contributed by atoms with E-state index in [0.29, 0.717) is 18.5 Å². The SMILES string of the molecule is CN(C)NC(CN)C1CCOC1. The van der Waals surface area contributed by atoms with Crippen LogP contribution in [0.1, 0.15) is 6.42 Å². The van der Waals surface area contributed by atoms with Crippen molar-refractivity contribution < 1.29 is 4.74 Å². The molecule has 0 radical (unpaired) electrons. The summed E-state index contributed by atoms with van der Waals surface area (Å²) in [6.07, 6.45) is 1.13. The van der Waals surface area contributed by atoms with Crippen molar-refractivity contribution in [3.8, 4) is 0 Å². The summed E-state index contributed by atoms with van der Waals surface area (Å²) >= 11 is 0. The highest BCUT2D eigenvalue weighted by Crippen LogP contribution is 2.15. The van der Waals surface area contributed by atoms with Crippen LogP contribution in [-0.4, -0.2) is 44.9 Å². The van der Waals surface area contributed by atoms with Gasteiger partial charge in [-0.1, -0.05) is 0 Å². The Bertz CT molecular complexity index is 123. The van der Waals surface area contributed by atoms with E-state index in [1.807, 2.05) is 19.1 Å². The van der Waals surface area contributed by atoms with Crippen molar-refractivity contribution in [3.05, 3.63) is 0 Å². The highest BCUT2D eigenvalue weighted by molar-refractivity contribution is 4.78. The molecule has 3 N–H and O–H groups in total. The minimum absolute atomic E-state index is 0.363. The average Bonchev–Trinajstić information content (AvgIpc) is 2.51. The van der Waals surface area contributed by atoms with Crippen LogP contribution in [-0.2, 0) is 4.74 Å². The topological polar surface area (TPSA) is 50.5 Å². The van der Waals surface area contributed by atoms with Crippen LogP contribution in [0, 0.1) is 5.92 Å². The van der Waals surface area contributed by atoms with Gasteiger partial charge in [0.15, 0.2) is 0 Å². The van der Waals surface area contributed by atoms with Gasteiger partial charge in [-0.3, -0.25) is 10.4 Å². The van der Waals surface area contributed by atoms with Crippen LogP contribution in [0.25, 0.3) is 0 Å². The summed E-state index contributed by atoms with van der Waals surface area (Å²) in [5.74, 6) is 0.581. The van der Waals surface area contributed by atoms with Crippen molar-refractivity contribution in [2.75, 3.05) is 33.9 Å². The van der Waals surface area contributed by atoms with Gasteiger partial charge in [0.1, 0.15) is 0 Å². The molecule has 1 fully saturated rings. The quantitative estimate of drug-likeness (QED) is 0.558. The van der Waals surface area contributed by atoms with Crippen LogP contribution in [0.5, 0.6) is 0 Å². The maximum absolute atomic E-state index is 5.66. The van der Waals surface area contributed by atoms with Crippen LogP contribution in [0.3, 0.4) is 0 Å². The first-order chi connectivity index (χ1) is 5.74. The smallest absolute Gasteiger partial charge is 0.0511 e. The average molecular weight is 173 g/mol. The predicted molar refractivity (Wildman–Crippen MR) is 48.6 cm³/mol. The van der Waals surface area contributed by atoms with Gasteiger partial charge < -0.3 is 10.5 Å². The molecule has 0 aromatic carbocycles. The monoisotopic (exact) mass is 173 g/mol. The maximum Gasteiger partial charge on any atom is 0.0511 e. The van der Waals surface area contributed by atoms with Gasteiger partial charge in [0, 0.05) is 39.2 Å². The Labute approximate surface area is 74.0 Å². The minimum atomic E-state index is 0.363. The van der Waals surface area contributed by atoms with E-state index in [0.717, 1.165) is 19.6 Å². The molecule has 0 bridgehead atoms. The van der Waals surface area contributed by atoms with Crippen LogP contribution in [0.4, 0.5) is 0 Å². The summed E-state index contributed by atoms with van der Waals surface area (Å²) in [5.41, 5.74) is 8.96. The highest BCUT2D eigenvalue weighted by atomic mass is 16.5. The first-order valence-electron chi connectivity index (χ1n) is 4.45. The second-order valence-corrected chi connectivity index (χ2v) is 3.49. The highest BCUT2D eigenvalue weighted by Gasteiger charge is 2.24. The van der Waals surface area contributed by atoms with E-state index >= 15 is 0 Å². The van der Waals surface area contributed by atoms with E-state index in [1.54, 1.807) is 0 Å². The fourth-order valence-electron chi connectivity index (χ4n) is 1.55. The van der Waals surface area contributed by atoms with Gasteiger partial charge in [-0.25, -0.2) is 0 Å². The molecule has 2 atom stereocenters. The van der Waals surface area contributed by atoms with Crippen LogP contribution in [0.15, 0.2) is 0 Å². The van der Waals surface area contributed by atoms with Gasteiger partial charge in [0.2, 0.25) is 0 Å². The van der Waals surface area contributed by atoms with Crippen LogP contribution >= 0.6 is 0 Å². The molecule has 1 aliphatic rings. The number of rotatable bonds is 4. The number of hydrazine groups is 1. The molecule has 0 aromatic heterocycles. The van der Waals surface area contributed by atoms with E-state index in [4.69, 9.17) is 10.5 Å². The van der Waals surface area contributed by atoms with Gasteiger partial charge in [-0.15, -0.1) is 0 Å². The number of nitrogens with zero attached hydrogens (tertiary/aromatic N) is 1. The first kappa shape index (κ1) is 9.92. The van der Waals surface area contributed by atoms with Gasteiger partial charge in [-0.2, -0.15) is 0 Å². The van der Waals surface area contributed by atoms with Crippen molar-refractivity contribution in [2.24, 2.45) is 11.7 Å². The standard InChI is InChI=1S/C8H19N3O/c1-11(2)10-8(5-9)7-3-4-12-6-7/h7-8,10H,3-6,9H2,1-2H3. The van der Waals surface area contributed by atoms with Gasteiger partial charge in [0.05, 0.1) is 6.61 Å². The Morgan fingerprint density at radius 1 is 1.67 bits per heavy atom. The molecule has 1 saturated heterocycles. The van der Waals surface area contributed by atoms with E-state index < -0.39 is 0 Å². The molecule has 0 spiro atoms. The lowest BCUT2D eigenvalue weighted by Crippen LogP contribution is -2.48. The fourth-order valence-corrected chi connectivity index (χ4v) is 1.55. The van der Waals surface area contributed by atoms with E-state index in [9.17, 15) is 0 Å². The number of nitrogens with two attached hydrogens (primary N) is 1. The second-order valence-electron chi connectivity index (χ2n) is 3.49. The zero-order valence-electron chi connectivity index (χ0n) is 7.92. The molecule has 0 amide bonds. The third-order valence-corrected chi connectivity index (χ3v) is 2.21. The molecule has 2 unspecified atom stereocenters. The third kappa shape index (κ3) is 2.71. The molecule has 1 rings (SSSR count). The van der Waals surface area contributed by atoms with Crippen molar-refractivity contribution >= 4 is 0 Å². The Morgan fingerprint density at radius 3 is 2.83 bits per heavy atom. The second kappa shape index (κ2) is 4.77. The molecule has 1 heterocycles. The summed E-state index contributed by atoms with van der Waals surface area (Å²) in [7, 11) is 3.97. The van der Waals surface area contributed by atoms with Crippen molar-refractivity contribution in [1.82, 2.24) is 10.4 Å². The molecule has 0 saturated carbocycles. The van der Waals surface area contributed by atoms with E-state index in [2.05, 4.69) is 5.43 Å². The lowest BCUT2D eigenvalue weighted by atomic mass is 10.00. The summed E-state index contributed by atoms with van der Waals surface area (Å²) in [6, 6.07) is 0.363. The number of hydrogen-bond acceptors (Lipinski definition) is 4. The molecule has 72 valence electrons. The van der Waals surface area contributed by atoms with Crippen LogP contribution in [0.2, 0.25) is 0 Å². The lowest BCUT2D eigenvalue weighted by molar-refractivity contribution is 0.155. The van der Waals surface area contributed by atoms with Crippen molar-refractivity contribution in [2.45, 2.75) is 12.5 Å². The number of nitrogens with one attached hydrogen (secondary N) is 1. The number of hydrogen-bond donors (Lipinski definition) is 2. The summed E-state index contributed by atoms with van der Waals surface area (Å²) < 4.78 is 5.31. The number of ether oxygens (including phenoxy) is 1. The van der Waals surface area contributed by atoms with Crippen molar-refractivity contribution in [1.29, 1.82) is 0 Å². The van der Waals surface area contributed by atoms with E-state index in [1.165, 1.54) is 0 Å². The largest absolute Gasteiger partial charge is 0.381 e. The third-order valence-electron chi connectivity index (χ3n) is 2.21.